The van der Waals surface area contributed by atoms with Crippen LogP contribution in [0.2, 0.25) is 0 Å². The zero-order valence-electron chi connectivity index (χ0n) is 11.8. The maximum atomic E-state index is 11.5. The molecule has 1 aromatic heterocycles. The predicted octanol–water partition coefficient (Wildman–Crippen LogP) is 1.31. The summed E-state index contributed by atoms with van der Waals surface area (Å²) in [6, 6.07) is 5.93. The standard InChI is InChI=1S/C15H25N3O/c1-2-9-17-11-6-14(7-12-17)16-8-13-18-10-4-3-5-15(18)19/h3-5,10,14,16H,2,6-9,11-13H2,1H3. The van der Waals surface area contributed by atoms with Gasteiger partial charge in [-0.2, -0.15) is 0 Å². The Bertz CT molecular complexity index is 421. The molecule has 1 aromatic rings. The number of nitrogens with one attached hydrogen (secondary N) is 1. The molecule has 19 heavy (non-hydrogen) atoms. The average Bonchev–Trinajstić information content (AvgIpc) is 2.43. The highest BCUT2D eigenvalue weighted by Gasteiger charge is 2.17. The molecule has 0 aromatic carbocycles. The van der Waals surface area contributed by atoms with Crippen molar-refractivity contribution < 1.29 is 0 Å². The van der Waals surface area contributed by atoms with Crippen LogP contribution in [0, 0.1) is 0 Å². The van der Waals surface area contributed by atoms with Crippen LogP contribution < -0.4 is 10.9 Å². The lowest BCUT2D eigenvalue weighted by molar-refractivity contribution is 0.197. The maximum Gasteiger partial charge on any atom is 0.250 e. The third-order valence-electron chi connectivity index (χ3n) is 3.81. The summed E-state index contributed by atoms with van der Waals surface area (Å²) in [4.78, 5) is 14.1. The molecule has 4 nitrogen and oxygen atoms in total. The molecule has 1 aliphatic heterocycles. The number of likely N-dealkylation sites (tertiary alicyclic amines) is 1. The van der Waals surface area contributed by atoms with E-state index in [1.54, 1.807) is 16.7 Å². The minimum absolute atomic E-state index is 0.0852. The maximum absolute atomic E-state index is 11.5. The Morgan fingerprint density at radius 2 is 2.05 bits per heavy atom. The molecule has 0 aliphatic carbocycles. The van der Waals surface area contributed by atoms with Crippen molar-refractivity contribution in [2.45, 2.75) is 38.8 Å². The van der Waals surface area contributed by atoms with Gasteiger partial charge in [-0.25, -0.2) is 0 Å². The molecule has 0 bridgehead atoms. The van der Waals surface area contributed by atoms with Crippen LogP contribution in [-0.4, -0.2) is 41.7 Å². The smallest absolute Gasteiger partial charge is 0.250 e. The summed E-state index contributed by atoms with van der Waals surface area (Å²) in [5.41, 5.74) is 0.0852. The van der Waals surface area contributed by atoms with Gasteiger partial charge in [0.1, 0.15) is 0 Å². The van der Waals surface area contributed by atoms with E-state index in [0.29, 0.717) is 6.04 Å². The van der Waals surface area contributed by atoms with Gasteiger partial charge < -0.3 is 14.8 Å². The lowest BCUT2D eigenvalue weighted by atomic mass is 10.1. The zero-order valence-corrected chi connectivity index (χ0v) is 11.8. The predicted molar refractivity (Wildman–Crippen MR) is 78.5 cm³/mol. The largest absolute Gasteiger partial charge is 0.314 e. The van der Waals surface area contributed by atoms with E-state index in [4.69, 9.17) is 0 Å². The number of aromatic nitrogens is 1. The highest BCUT2D eigenvalue weighted by atomic mass is 16.1. The monoisotopic (exact) mass is 263 g/mol. The number of rotatable bonds is 6. The Morgan fingerprint density at radius 1 is 1.26 bits per heavy atom. The summed E-state index contributed by atoms with van der Waals surface area (Å²) in [7, 11) is 0. The first-order valence-corrected chi connectivity index (χ1v) is 7.41. The van der Waals surface area contributed by atoms with Crippen molar-refractivity contribution >= 4 is 0 Å². The Kier molecular flexibility index (Phi) is 5.61. The normalized spacial score (nSPS) is 17.7. The Balaban J connectivity index is 1.67. The van der Waals surface area contributed by atoms with Crippen molar-refractivity contribution in [3.8, 4) is 0 Å². The van der Waals surface area contributed by atoms with Crippen molar-refractivity contribution in [1.29, 1.82) is 0 Å². The van der Waals surface area contributed by atoms with E-state index in [1.165, 1.54) is 38.9 Å². The second-order valence-corrected chi connectivity index (χ2v) is 5.30. The molecule has 4 heteroatoms. The van der Waals surface area contributed by atoms with Crippen LogP contribution in [0.1, 0.15) is 26.2 Å². The fraction of sp³-hybridized carbons (Fsp3) is 0.667. The fourth-order valence-electron chi connectivity index (χ4n) is 2.71. The highest BCUT2D eigenvalue weighted by Crippen LogP contribution is 2.10. The molecule has 0 atom stereocenters. The SMILES string of the molecule is CCCN1CCC(NCCn2ccccc2=O)CC1. The van der Waals surface area contributed by atoms with E-state index in [0.717, 1.165) is 13.1 Å². The highest BCUT2D eigenvalue weighted by molar-refractivity contribution is 4.93. The first-order chi connectivity index (χ1) is 9.29. The molecule has 2 heterocycles. The second-order valence-electron chi connectivity index (χ2n) is 5.30. The van der Waals surface area contributed by atoms with E-state index in [9.17, 15) is 4.79 Å². The van der Waals surface area contributed by atoms with Crippen LogP contribution in [0.5, 0.6) is 0 Å². The van der Waals surface area contributed by atoms with Crippen molar-refractivity contribution in [1.82, 2.24) is 14.8 Å². The van der Waals surface area contributed by atoms with Gasteiger partial charge in [-0.3, -0.25) is 4.79 Å². The molecule has 0 amide bonds. The number of hydrogen-bond donors (Lipinski definition) is 1. The number of nitrogens with zero attached hydrogens (tertiary/aromatic N) is 2. The second kappa shape index (κ2) is 7.46. The van der Waals surface area contributed by atoms with Crippen LogP contribution in [0.15, 0.2) is 29.2 Å². The Hall–Kier alpha value is -1.13. The van der Waals surface area contributed by atoms with E-state index >= 15 is 0 Å². The molecular weight excluding hydrogens is 238 g/mol. The molecule has 0 spiro atoms. The van der Waals surface area contributed by atoms with Gasteiger partial charge in [-0.15, -0.1) is 0 Å². The van der Waals surface area contributed by atoms with Gasteiger partial charge in [0, 0.05) is 31.4 Å². The molecule has 0 radical (unpaired) electrons. The summed E-state index contributed by atoms with van der Waals surface area (Å²) < 4.78 is 1.76. The first kappa shape index (κ1) is 14.3. The van der Waals surface area contributed by atoms with Crippen LogP contribution in [0.4, 0.5) is 0 Å². The summed E-state index contributed by atoms with van der Waals surface area (Å²) >= 11 is 0. The molecule has 2 rings (SSSR count). The van der Waals surface area contributed by atoms with E-state index < -0.39 is 0 Å². The topological polar surface area (TPSA) is 37.3 Å². The van der Waals surface area contributed by atoms with Crippen molar-refractivity contribution in [2.24, 2.45) is 0 Å². The zero-order chi connectivity index (χ0) is 13.5. The van der Waals surface area contributed by atoms with E-state index in [2.05, 4.69) is 17.1 Å². The Morgan fingerprint density at radius 3 is 2.74 bits per heavy atom. The number of pyridine rings is 1. The van der Waals surface area contributed by atoms with Crippen LogP contribution >= 0.6 is 0 Å². The molecule has 1 saturated heterocycles. The number of piperidine rings is 1. The molecule has 1 aliphatic rings. The van der Waals surface area contributed by atoms with E-state index in [1.807, 2.05) is 12.3 Å². The fourth-order valence-corrected chi connectivity index (χ4v) is 2.71. The average molecular weight is 263 g/mol. The lowest BCUT2D eigenvalue weighted by Crippen LogP contribution is -2.43. The molecule has 1 N–H and O–H groups in total. The van der Waals surface area contributed by atoms with Gasteiger partial charge >= 0.3 is 0 Å². The quantitative estimate of drug-likeness (QED) is 0.841. The number of hydrogen-bond acceptors (Lipinski definition) is 3. The first-order valence-electron chi connectivity index (χ1n) is 7.41. The Labute approximate surface area is 115 Å². The van der Waals surface area contributed by atoms with Crippen molar-refractivity contribution in [2.75, 3.05) is 26.2 Å². The van der Waals surface area contributed by atoms with Gasteiger partial charge in [0.25, 0.3) is 5.56 Å². The minimum Gasteiger partial charge on any atom is -0.314 e. The van der Waals surface area contributed by atoms with E-state index in [-0.39, 0.29) is 5.56 Å². The van der Waals surface area contributed by atoms with Crippen LogP contribution in [-0.2, 0) is 6.54 Å². The van der Waals surface area contributed by atoms with Gasteiger partial charge in [0.05, 0.1) is 0 Å². The van der Waals surface area contributed by atoms with Gasteiger partial charge in [-0.1, -0.05) is 13.0 Å². The third-order valence-corrected chi connectivity index (χ3v) is 3.81. The minimum atomic E-state index is 0.0852. The summed E-state index contributed by atoms with van der Waals surface area (Å²) in [5, 5.41) is 3.57. The van der Waals surface area contributed by atoms with Crippen LogP contribution in [0.3, 0.4) is 0 Å². The van der Waals surface area contributed by atoms with Gasteiger partial charge in [-0.05, 0) is 45.0 Å². The molecule has 106 valence electrons. The third kappa shape index (κ3) is 4.48. The molecule has 0 saturated carbocycles. The summed E-state index contributed by atoms with van der Waals surface area (Å²) in [5.74, 6) is 0. The molecular formula is C15H25N3O. The summed E-state index contributed by atoms with van der Waals surface area (Å²) in [6.45, 7) is 7.51. The molecule has 0 unspecified atom stereocenters. The summed E-state index contributed by atoms with van der Waals surface area (Å²) in [6.07, 6.45) is 5.55. The van der Waals surface area contributed by atoms with Crippen molar-refractivity contribution in [3.05, 3.63) is 34.7 Å². The van der Waals surface area contributed by atoms with Crippen LogP contribution in [0.25, 0.3) is 0 Å². The van der Waals surface area contributed by atoms with Crippen molar-refractivity contribution in [3.63, 3.8) is 0 Å². The molecule has 1 fully saturated rings. The van der Waals surface area contributed by atoms with Gasteiger partial charge in [0.2, 0.25) is 0 Å². The van der Waals surface area contributed by atoms with Gasteiger partial charge in [0.15, 0.2) is 0 Å². The lowest BCUT2D eigenvalue weighted by Gasteiger charge is -2.32.